The number of para-hydroxylation sites is 1. The standard InChI is InChI=1S/C30H34FNO7/c1-2-36-28(29(33)34)21-23-11-15-27(16-12-23)38-20-18-32(17-6-19-37-26-7-4-3-5-8-26)30(35)39-22-24-9-13-25(31)14-10-24/h3-5,7-16,28H,2,6,17-22H2,1H3,(H,33,34). The van der Waals surface area contributed by atoms with Gasteiger partial charge in [0.15, 0.2) is 6.10 Å². The number of carboxylic acid groups (broad SMARTS) is 1. The fourth-order valence-electron chi connectivity index (χ4n) is 3.70. The second kappa shape index (κ2) is 16.0. The molecular formula is C30H34FNO7. The lowest BCUT2D eigenvalue weighted by atomic mass is 10.1. The number of nitrogens with zero attached hydrogens (tertiary/aromatic N) is 1. The zero-order chi connectivity index (χ0) is 27.9. The third-order valence-electron chi connectivity index (χ3n) is 5.74. The number of carbonyl (C=O) groups is 2. The lowest BCUT2D eigenvalue weighted by Crippen LogP contribution is -2.36. The predicted octanol–water partition coefficient (Wildman–Crippen LogP) is 5.34. The van der Waals surface area contributed by atoms with E-state index >= 15 is 0 Å². The zero-order valence-corrected chi connectivity index (χ0v) is 22.0. The summed E-state index contributed by atoms with van der Waals surface area (Å²) in [5, 5.41) is 9.27. The monoisotopic (exact) mass is 539 g/mol. The number of carboxylic acids is 1. The van der Waals surface area contributed by atoms with Crippen molar-refractivity contribution in [3.05, 3.63) is 95.8 Å². The molecule has 1 N–H and O–H groups in total. The third kappa shape index (κ3) is 10.6. The molecule has 0 heterocycles. The van der Waals surface area contributed by atoms with E-state index in [4.69, 9.17) is 18.9 Å². The first-order valence-electron chi connectivity index (χ1n) is 12.8. The molecule has 0 aliphatic heterocycles. The number of hydrogen-bond acceptors (Lipinski definition) is 6. The van der Waals surface area contributed by atoms with Gasteiger partial charge >= 0.3 is 12.1 Å². The Bertz CT molecular complexity index is 1140. The molecule has 3 aromatic carbocycles. The Balaban J connectivity index is 1.51. The average molecular weight is 540 g/mol. The molecule has 0 aliphatic rings. The van der Waals surface area contributed by atoms with Crippen molar-refractivity contribution >= 4 is 12.1 Å². The highest BCUT2D eigenvalue weighted by Crippen LogP contribution is 2.15. The van der Waals surface area contributed by atoms with Gasteiger partial charge < -0.3 is 29.0 Å². The maximum absolute atomic E-state index is 13.2. The quantitative estimate of drug-likeness (QED) is 0.246. The number of halogens is 1. The second-order valence-electron chi connectivity index (χ2n) is 8.66. The SMILES string of the molecule is CCOC(Cc1ccc(OCCN(CCCOc2ccccc2)C(=O)OCc2ccc(F)cc2)cc1)C(=O)O. The van der Waals surface area contributed by atoms with Crippen molar-refractivity contribution in [1.82, 2.24) is 4.90 Å². The Labute approximate surface area is 227 Å². The van der Waals surface area contributed by atoms with Gasteiger partial charge in [-0.2, -0.15) is 0 Å². The van der Waals surface area contributed by atoms with Crippen LogP contribution in [0.2, 0.25) is 0 Å². The highest BCUT2D eigenvalue weighted by molar-refractivity contribution is 5.72. The van der Waals surface area contributed by atoms with Gasteiger partial charge in [-0.15, -0.1) is 0 Å². The van der Waals surface area contributed by atoms with E-state index in [9.17, 15) is 19.1 Å². The summed E-state index contributed by atoms with van der Waals surface area (Å²) in [5.41, 5.74) is 1.50. The van der Waals surface area contributed by atoms with Crippen LogP contribution in [0.3, 0.4) is 0 Å². The second-order valence-corrected chi connectivity index (χ2v) is 8.66. The van der Waals surface area contributed by atoms with E-state index in [-0.39, 0.29) is 32.0 Å². The molecule has 0 bridgehead atoms. The average Bonchev–Trinajstić information content (AvgIpc) is 2.95. The molecule has 3 aromatic rings. The van der Waals surface area contributed by atoms with Crippen molar-refractivity contribution < 1.29 is 38.0 Å². The summed E-state index contributed by atoms with van der Waals surface area (Å²) >= 11 is 0. The molecule has 0 radical (unpaired) electrons. The Morgan fingerprint density at radius 1 is 0.846 bits per heavy atom. The number of ether oxygens (including phenoxy) is 4. The first kappa shape index (κ1) is 29.4. The largest absolute Gasteiger partial charge is 0.494 e. The summed E-state index contributed by atoms with van der Waals surface area (Å²) in [4.78, 5) is 25.7. The van der Waals surface area contributed by atoms with Gasteiger partial charge in [-0.1, -0.05) is 42.5 Å². The normalized spacial score (nSPS) is 11.4. The number of hydrogen-bond donors (Lipinski definition) is 1. The molecule has 0 fully saturated rings. The Kier molecular flexibility index (Phi) is 12.1. The molecular weight excluding hydrogens is 505 g/mol. The van der Waals surface area contributed by atoms with E-state index in [1.54, 1.807) is 48.2 Å². The summed E-state index contributed by atoms with van der Waals surface area (Å²) in [6.45, 7) is 3.42. The number of aliphatic carboxylic acids is 1. The van der Waals surface area contributed by atoms with E-state index < -0.39 is 18.2 Å². The number of rotatable bonds is 16. The predicted molar refractivity (Wildman–Crippen MR) is 143 cm³/mol. The van der Waals surface area contributed by atoms with Gasteiger partial charge in [-0.3, -0.25) is 0 Å². The lowest BCUT2D eigenvalue weighted by Gasteiger charge is -2.22. The molecule has 9 heteroatoms. The molecule has 0 saturated heterocycles. The number of benzene rings is 3. The molecule has 39 heavy (non-hydrogen) atoms. The van der Waals surface area contributed by atoms with Crippen molar-refractivity contribution in [3.63, 3.8) is 0 Å². The van der Waals surface area contributed by atoms with Crippen LogP contribution in [0.25, 0.3) is 0 Å². The van der Waals surface area contributed by atoms with Gasteiger partial charge in [0.05, 0.1) is 13.2 Å². The highest BCUT2D eigenvalue weighted by Gasteiger charge is 2.18. The maximum atomic E-state index is 13.2. The van der Waals surface area contributed by atoms with Crippen LogP contribution in [0.15, 0.2) is 78.9 Å². The summed E-state index contributed by atoms with van der Waals surface area (Å²) in [5.74, 6) is -0.0104. The fraction of sp³-hybridized carbons (Fsp3) is 0.333. The number of carbonyl (C=O) groups excluding carboxylic acids is 1. The van der Waals surface area contributed by atoms with Crippen molar-refractivity contribution in [2.45, 2.75) is 32.5 Å². The lowest BCUT2D eigenvalue weighted by molar-refractivity contribution is -0.149. The van der Waals surface area contributed by atoms with Crippen LogP contribution in [0.1, 0.15) is 24.5 Å². The third-order valence-corrected chi connectivity index (χ3v) is 5.74. The summed E-state index contributed by atoms with van der Waals surface area (Å²) < 4.78 is 35.4. The van der Waals surface area contributed by atoms with E-state index in [0.717, 1.165) is 11.3 Å². The van der Waals surface area contributed by atoms with Gasteiger partial charge in [0.25, 0.3) is 0 Å². The van der Waals surface area contributed by atoms with Crippen molar-refractivity contribution in [2.24, 2.45) is 0 Å². The van der Waals surface area contributed by atoms with Crippen LogP contribution in [0.5, 0.6) is 11.5 Å². The molecule has 0 aliphatic carbocycles. The Morgan fingerprint density at radius 3 is 2.15 bits per heavy atom. The van der Waals surface area contributed by atoms with Gasteiger partial charge in [0.1, 0.15) is 30.5 Å². The van der Waals surface area contributed by atoms with Crippen LogP contribution in [0, 0.1) is 5.82 Å². The Morgan fingerprint density at radius 2 is 1.49 bits per heavy atom. The topological polar surface area (TPSA) is 94.5 Å². The van der Waals surface area contributed by atoms with E-state index in [1.807, 2.05) is 30.3 Å². The summed E-state index contributed by atoms with van der Waals surface area (Å²) in [7, 11) is 0. The van der Waals surface area contributed by atoms with E-state index in [2.05, 4.69) is 0 Å². The highest BCUT2D eigenvalue weighted by atomic mass is 19.1. The van der Waals surface area contributed by atoms with Gasteiger partial charge in [0.2, 0.25) is 0 Å². The maximum Gasteiger partial charge on any atom is 0.410 e. The molecule has 0 saturated carbocycles. The van der Waals surface area contributed by atoms with E-state index in [1.165, 1.54) is 12.1 Å². The van der Waals surface area contributed by atoms with E-state index in [0.29, 0.717) is 37.5 Å². The van der Waals surface area contributed by atoms with Crippen LogP contribution in [-0.2, 0) is 27.3 Å². The number of amides is 1. The summed E-state index contributed by atoms with van der Waals surface area (Å²) in [6.07, 6.45) is -0.571. The van der Waals surface area contributed by atoms with Crippen molar-refractivity contribution in [3.8, 4) is 11.5 Å². The zero-order valence-electron chi connectivity index (χ0n) is 22.0. The minimum absolute atomic E-state index is 0.0253. The molecule has 3 rings (SSSR count). The first-order valence-corrected chi connectivity index (χ1v) is 12.8. The molecule has 1 atom stereocenters. The molecule has 208 valence electrons. The van der Waals surface area contributed by atoms with Crippen LogP contribution >= 0.6 is 0 Å². The smallest absolute Gasteiger partial charge is 0.410 e. The molecule has 1 unspecified atom stereocenters. The van der Waals surface area contributed by atoms with Crippen molar-refractivity contribution in [2.75, 3.05) is 32.9 Å². The summed E-state index contributed by atoms with van der Waals surface area (Å²) in [6, 6.07) is 22.3. The van der Waals surface area contributed by atoms with Crippen molar-refractivity contribution in [1.29, 1.82) is 0 Å². The van der Waals surface area contributed by atoms with Gasteiger partial charge in [-0.05, 0) is 60.9 Å². The minimum Gasteiger partial charge on any atom is -0.494 e. The van der Waals surface area contributed by atoms with Gasteiger partial charge in [0, 0.05) is 19.6 Å². The molecule has 0 spiro atoms. The van der Waals surface area contributed by atoms with Crippen LogP contribution in [0.4, 0.5) is 9.18 Å². The van der Waals surface area contributed by atoms with Gasteiger partial charge in [-0.25, -0.2) is 14.0 Å². The molecule has 0 aromatic heterocycles. The van der Waals surface area contributed by atoms with Crippen LogP contribution in [-0.4, -0.2) is 61.1 Å². The van der Waals surface area contributed by atoms with Crippen LogP contribution < -0.4 is 9.47 Å². The minimum atomic E-state index is -1.00. The molecule has 8 nitrogen and oxygen atoms in total. The Hall–Kier alpha value is -4.11. The first-order chi connectivity index (χ1) is 18.9. The fourth-order valence-corrected chi connectivity index (χ4v) is 3.70. The molecule has 1 amide bonds.